The third-order valence-electron chi connectivity index (χ3n) is 2.94. The lowest BCUT2D eigenvalue weighted by Gasteiger charge is -2.16. The molecular formula is C15H12O4S. The molecule has 20 heavy (non-hydrogen) atoms. The minimum atomic E-state index is -1.43. The van der Waals surface area contributed by atoms with E-state index in [2.05, 4.69) is 0 Å². The molecule has 0 bridgehead atoms. The van der Waals surface area contributed by atoms with Crippen molar-refractivity contribution in [3.05, 3.63) is 60.2 Å². The lowest BCUT2D eigenvalue weighted by atomic mass is 10.1. The Bertz CT molecular complexity index is 708. The summed E-state index contributed by atoms with van der Waals surface area (Å²) in [6.07, 6.45) is 2.38. The summed E-state index contributed by atoms with van der Waals surface area (Å²) < 4.78 is 21.4. The van der Waals surface area contributed by atoms with E-state index < -0.39 is 23.3 Å². The van der Waals surface area contributed by atoms with Crippen LogP contribution in [0, 0.1) is 0 Å². The van der Waals surface area contributed by atoms with Gasteiger partial charge in [0.1, 0.15) is 0 Å². The van der Waals surface area contributed by atoms with Crippen LogP contribution in [0.25, 0.3) is 10.8 Å². The second-order valence-electron chi connectivity index (χ2n) is 4.33. The zero-order valence-corrected chi connectivity index (χ0v) is 11.3. The fraction of sp³-hybridized carbons (Fsp3) is 0.133. The second kappa shape index (κ2) is 5.56. The Kier molecular flexibility index (Phi) is 3.62. The molecule has 1 aliphatic rings. The van der Waals surface area contributed by atoms with Crippen molar-refractivity contribution in [3.8, 4) is 0 Å². The van der Waals surface area contributed by atoms with Crippen LogP contribution in [-0.2, 0) is 20.0 Å². The van der Waals surface area contributed by atoms with Crippen LogP contribution in [0.5, 0.6) is 0 Å². The number of carbonyl (C=O) groups is 1. The minimum absolute atomic E-state index is 0.323. The predicted molar refractivity (Wildman–Crippen MR) is 76.4 cm³/mol. The third kappa shape index (κ3) is 2.79. The summed E-state index contributed by atoms with van der Waals surface area (Å²) in [5.74, 6) is -0.173. The topological polar surface area (TPSA) is 52.6 Å². The maximum Gasteiger partial charge on any atom is 0.340 e. The molecule has 102 valence electrons. The Labute approximate surface area is 118 Å². The number of hydrogen-bond donors (Lipinski definition) is 0. The van der Waals surface area contributed by atoms with Gasteiger partial charge in [0.2, 0.25) is 6.29 Å². The van der Waals surface area contributed by atoms with Crippen molar-refractivity contribution in [2.45, 2.75) is 6.29 Å². The molecule has 3 rings (SSSR count). The average molecular weight is 288 g/mol. The largest absolute Gasteiger partial charge is 0.427 e. The highest BCUT2D eigenvalue weighted by Gasteiger charge is 2.19. The third-order valence-corrected chi connectivity index (χ3v) is 3.80. The van der Waals surface area contributed by atoms with E-state index in [-0.39, 0.29) is 0 Å². The van der Waals surface area contributed by atoms with Crippen LogP contribution in [-0.4, -0.2) is 22.2 Å². The quantitative estimate of drug-likeness (QED) is 0.629. The van der Waals surface area contributed by atoms with Crippen molar-refractivity contribution in [3.63, 3.8) is 0 Å². The smallest absolute Gasteiger partial charge is 0.340 e. The SMILES string of the molecule is O=C(O[C@H]1C=CCS(=O)O1)c1ccc2ccccc2c1. The Morgan fingerprint density at radius 2 is 2.00 bits per heavy atom. The molecule has 0 saturated heterocycles. The Morgan fingerprint density at radius 1 is 1.20 bits per heavy atom. The first-order valence-corrected chi connectivity index (χ1v) is 7.39. The average Bonchev–Trinajstić information content (AvgIpc) is 2.47. The van der Waals surface area contributed by atoms with Gasteiger partial charge < -0.3 is 4.74 Å². The number of hydrogen-bond acceptors (Lipinski definition) is 4. The summed E-state index contributed by atoms with van der Waals surface area (Å²) in [6.45, 7) is 0. The van der Waals surface area contributed by atoms with E-state index in [1.165, 1.54) is 0 Å². The van der Waals surface area contributed by atoms with Crippen LogP contribution < -0.4 is 0 Å². The zero-order chi connectivity index (χ0) is 13.9. The van der Waals surface area contributed by atoms with Gasteiger partial charge in [-0.1, -0.05) is 36.4 Å². The first-order chi connectivity index (χ1) is 9.72. The monoisotopic (exact) mass is 288 g/mol. The molecule has 2 atom stereocenters. The van der Waals surface area contributed by atoms with Gasteiger partial charge in [-0.2, -0.15) is 0 Å². The van der Waals surface area contributed by atoms with Gasteiger partial charge in [0.25, 0.3) is 0 Å². The Hall–Kier alpha value is -1.98. The van der Waals surface area contributed by atoms with E-state index in [9.17, 15) is 9.00 Å². The van der Waals surface area contributed by atoms with E-state index in [0.717, 1.165) is 10.8 Å². The molecule has 0 aromatic heterocycles. The van der Waals surface area contributed by atoms with Crippen molar-refractivity contribution < 1.29 is 17.9 Å². The van der Waals surface area contributed by atoms with E-state index in [0.29, 0.717) is 11.3 Å². The van der Waals surface area contributed by atoms with Crippen molar-refractivity contribution >= 4 is 27.8 Å². The van der Waals surface area contributed by atoms with Crippen LogP contribution in [0.4, 0.5) is 0 Å². The molecule has 4 nitrogen and oxygen atoms in total. The molecule has 0 aliphatic carbocycles. The van der Waals surface area contributed by atoms with Crippen molar-refractivity contribution in [2.75, 3.05) is 5.75 Å². The van der Waals surface area contributed by atoms with E-state index in [1.54, 1.807) is 24.3 Å². The summed E-state index contributed by atoms with van der Waals surface area (Å²) in [5.41, 5.74) is 0.442. The van der Waals surface area contributed by atoms with Gasteiger partial charge in [-0.05, 0) is 29.0 Å². The molecule has 2 aromatic carbocycles. The second-order valence-corrected chi connectivity index (χ2v) is 5.46. The maximum atomic E-state index is 12.0. The summed E-state index contributed by atoms with van der Waals surface area (Å²) in [4.78, 5) is 12.0. The van der Waals surface area contributed by atoms with Crippen LogP contribution >= 0.6 is 0 Å². The number of esters is 1. The van der Waals surface area contributed by atoms with Gasteiger partial charge in [-0.25, -0.2) is 13.2 Å². The highest BCUT2D eigenvalue weighted by atomic mass is 32.2. The molecule has 1 unspecified atom stereocenters. The van der Waals surface area contributed by atoms with Gasteiger partial charge in [0, 0.05) is 0 Å². The first kappa shape index (κ1) is 13.0. The number of ether oxygens (including phenoxy) is 1. The predicted octanol–water partition coefficient (Wildman–Crippen LogP) is 2.57. The lowest BCUT2D eigenvalue weighted by Crippen LogP contribution is -2.24. The Balaban J connectivity index is 1.80. The highest BCUT2D eigenvalue weighted by molar-refractivity contribution is 7.80. The van der Waals surface area contributed by atoms with Gasteiger partial charge >= 0.3 is 5.97 Å². The maximum absolute atomic E-state index is 12.0. The summed E-state index contributed by atoms with van der Waals surface area (Å²) in [6, 6.07) is 13.1. The van der Waals surface area contributed by atoms with Crippen molar-refractivity contribution in [1.29, 1.82) is 0 Å². The van der Waals surface area contributed by atoms with Crippen LogP contribution in [0.3, 0.4) is 0 Å². The van der Waals surface area contributed by atoms with Crippen molar-refractivity contribution in [2.24, 2.45) is 0 Å². The molecule has 0 fully saturated rings. The molecule has 5 heteroatoms. The number of fused-ring (bicyclic) bond motifs is 1. The molecule has 1 aliphatic heterocycles. The first-order valence-electron chi connectivity index (χ1n) is 6.14. The van der Waals surface area contributed by atoms with Gasteiger partial charge in [0.15, 0.2) is 11.1 Å². The molecule has 2 aromatic rings. The summed E-state index contributed by atoms with van der Waals surface area (Å²) >= 11 is -1.43. The summed E-state index contributed by atoms with van der Waals surface area (Å²) in [5, 5.41) is 2.02. The molecule has 1 heterocycles. The lowest BCUT2D eigenvalue weighted by molar-refractivity contribution is -0.0166. The van der Waals surface area contributed by atoms with Gasteiger partial charge in [-0.15, -0.1) is 0 Å². The van der Waals surface area contributed by atoms with E-state index in [4.69, 9.17) is 8.92 Å². The Morgan fingerprint density at radius 3 is 2.80 bits per heavy atom. The van der Waals surface area contributed by atoms with E-state index >= 15 is 0 Å². The summed E-state index contributed by atoms with van der Waals surface area (Å²) in [7, 11) is 0. The van der Waals surface area contributed by atoms with Crippen molar-refractivity contribution in [1.82, 2.24) is 0 Å². The molecule has 0 radical (unpaired) electrons. The molecule has 0 saturated carbocycles. The number of rotatable bonds is 2. The van der Waals surface area contributed by atoms with Gasteiger partial charge in [0.05, 0.1) is 11.3 Å². The molecule has 0 N–H and O–H groups in total. The van der Waals surface area contributed by atoms with E-state index in [1.807, 2.05) is 30.3 Å². The molecular weight excluding hydrogens is 276 g/mol. The van der Waals surface area contributed by atoms with Gasteiger partial charge in [-0.3, -0.25) is 0 Å². The number of benzene rings is 2. The van der Waals surface area contributed by atoms with Crippen LogP contribution in [0.2, 0.25) is 0 Å². The normalized spacial score (nSPS) is 21.8. The number of carbonyl (C=O) groups excluding carboxylic acids is 1. The standard InChI is InChI=1S/C15H12O4S/c16-15(18-14-6-3-9-20(17)19-14)13-8-7-11-4-1-2-5-12(11)10-13/h1-8,10,14H,9H2/t14-,20?/m1/s1. The molecule has 0 amide bonds. The van der Waals surface area contributed by atoms with Crippen LogP contribution in [0.15, 0.2) is 54.6 Å². The van der Waals surface area contributed by atoms with Crippen LogP contribution in [0.1, 0.15) is 10.4 Å². The zero-order valence-electron chi connectivity index (χ0n) is 10.5. The molecule has 0 spiro atoms. The minimum Gasteiger partial charge on any atom is -0.427 e. The highest BCUT2D eigenvalue weighted by Crippen LogP contribution is 2.17. The fourth-order valence-corrected chi connectivity index (χ4v) is 2.63. The fourth-order valence-electron chi connectivity index (χ4n) is 1.97.